The summed E-state index contributed by atoms with van der Waals surface area (Å²) in [6, 6.07) is 8.61. The predicted molar refractivity (Wildman–Crippen MR) is 85.0 cm³/mol. The third-order valence-corrected chi connectivity index (χ3v) is 4.43. The zero-order chi connectivity index (χ0) is 14.4. The van der Waals surface area contributed by atoms with Crippen LogP contribution in [0.2, 0.25) is 0 Å². The van der Waals surface area contributed by atoms with Crippen molar-refractivity contribution in [3.05, 3.63) is 35.4 Å². The summed E-state index contributed by atoms with van der Waals surface area (Å²) in [7, 11) is 0. The van der Waals surface area contributed by atoms with Gasteiger partial charge in [0.25, 0.3) is 0 Å². The van der Waals surface area contributed by atoms with Gasteiger partial charge in [-0.3, -0.25) is 0 Å². The number of hydrogen-bond acceptors (Lipinski definition) is 2. The molecule has 0 amide bonds. The van der Waals surface area contributed by atoms with Gasteiger partial charge in [0, 0.05) is 6.54 Å². The van der Waals surface area contributed by atoms with Crippen molar-refractivity contribution in [1.29, 1.82) is 0 Å². The molecule has 0 aromatic heterocycles. The van der Waals surface area contributed by atoms with Crippen LogP contribution in [-0.2, 0) is 4.74 Å². The van der Waals surface area contributed by atoms with Crippen molar-refractivity contribution >= 4 is 0 Å². The SMILES string of the molecule is CCNCC(OC1CCC(C)CC1)c1ccccc1C. The topological polar surface area (TPSA) is 21.3 Å². The molecule has 0 spiro atoms. The maximum atomic E-state index is 6.45. The fourth-order valence-electron chi connectivity index (χ4n) is 3.05. The zero-order valence-corrected chi connectivity index (χ0v) is 13.2. The standard InChI is InChI=1S/C18H29NO/c1-4-19-13-18(17-8-6-5-7-15(17)3)20-16-11-9-14(2)10-12-16/h5-8,14,16,18-19H,4,9-13H2,1-3H3. The Morgan fingerprint density at radius 2 is 1.90 bits per heavy atom. The van der Waals surface area contributed by atoms with Crippen molar-refractivity contribution in [3.8, 4) is 0 Å². The molecule has 1 aliphatic carbocycles. The first-order valence-corrected chi connectivity index (χ1v) is 8.12. The van der Waals surface area contributed by atoms with Gasteiger partial charge in [0.2, 0.25) is 0 Å². The minimum Gasteiger partial charge on any atom is -0.369 e. The number of likely N-dealkylation sites (N-methyl/N-ethyl adjacent to an activating group) is 1. The zero-order valence-electron chi connectivity index (χ0n) is 13.2. The molecule has 0 aliphatic heterocycles. The fourth-order valence-corrected chi connectivity index (χ4v) is 3.05. The summed E-state index contributed by atoms with van der Waals surface area (Å²) in [6.07, 6.45) is 5.69. The van der Waals surface area contributed by atoms with Crippen LogP contribution in [0.1, 0.15) is 56.8 Å². The van der Waals surface area contributed by atoms with Gasteiger partial charge in [0.1, 0.15) is 0 Å². The first-order chi connectivity index (χ1) is 9.70. The van der Waals surface area contributed by atoms with Crippen LogP contribution in [0.25, 0.3) is 0 Å². The number of rotatable bonds is 6. The summed E-state index contributed by atoms with van der Waals surface area (Å²) >= 11 is 0. The lowest BCUT2D eigenvalue weighted by molar-refractivity contribution is -0.0363. The molecule has 0 radical (unpaired) electrons. The summed E-state index contributed by atoms with van der Waals surface area (Å²) in [4.78, 5) is 0. The molecular weight excluding hydrogens is 246 g/mol. The quantitative estimate of drug-likeness (QED) is 0.838. The number of nitrogens with one attached hydrogen (secondary N) is 1. The van der Waals surface area contributed by atoms with E-state index in [4.69, 9.17) is 4.74 Å². The highest BCUT2D eigenvalue weighted by molar-refractivity contribution is 5.28. The number of aryl methyl sites for hydroxylation is 1. The summed E-state index contributed by atoms with van der Waals surface area (Å²) in [6.45, 7) is 8.59. The Morgan fingerprint density at radius 3 is 2.55 bits per heavy atom. The maximum absolute atomic E-state index is 6.45. The predicted octanol–water partition coefficient (Wildman–Crippen LogP) is 4.24. The molecule has 2 heteroatoms. The van der Waals surface area contributed by atoms with E-state index >= 15 is 0 Å². The first-order valence-electron chi connectivity index (χ1n) is 8.12. The molecular formula is C18H29NO. The van der Waals surface area contributed by atoms with Gasteiger partial charge in [-0.15, -0.1) is 0 Å². The summed E-state index contributed by atoms with van der Waals surface area (Å²) < 4.78 is 6.45. The maximum Gasteiger partial charge on any atom is 0.0955 e. The molecule has 1 fully saturated rings. The van der Waals surface area contributed by atoms with Crippen molar-refractivity contribution in [2.45, 2.75) is 58.7 Å². The molecule has 2 rings (SSSR count). The molecule has 2 nitrogen and oxygen atoms in total. The Hall–Kier alpha value is -0.860. The van der Waals surface area contributed by atoms with E-state index < -0.39 is 0 Å². The van der Waals surface area contributed by atoms with Crippen LogP contribution < -0.4 is 5.32 Å². The van der Waals surface area contributed by atoms with Crippen molar-refractivity contribution in [2.75, 3.05) is 13.1 Å². The Labute approximate surface area is 123 Å². The van der Waals surface area contributed by atoms with E-state index in [-0.39, 0.29) is 6.10 Å². The van der Waals surface area contributed by atoms with E-state index in [1.54, 1.807) is 0 Å². The van der Waals surface area contributed by atoms with Crippen molar-refractivity contribution in [2.24, 2.45) is 5.92 Å². The average molecular weight is 275 g/mol. The van der Waals surface area contributed by atoms with Gasteiger partial charge in [-0.2, -0.15) is 0 Å². The van der Waals surface area contributed by atoms with Gasteiger partial charge in [-0.1, -0.05) is 38.1 Å². The number of ether oxygens (including phenoxy) is 1. The highest BCUT2D eigenvalue weighted by Crippen LogP contribution is 2.30. The Balaban J connectivity index is 2.02. The van der Waals surface area contributed by atoms with Gasteiger partial charge in [-0.25, -0.2) is 0 Å². The Kier molecular flexibility index (Phi) is 6.06. The van der Waals surface area contributed by atoms with Crippen molar-refractivity contribution < 1.29 is 4.74 Å². The number of hydrogen-bond donors (Lipinski definition) is 1. The number of benzene rings is 1. The van der Waals surface area contributed by atoms with Crippen molar-refractivity contribution in [1.82, 2.24) is 5.32 Å². The van der Waals surface area contributed by atoms with Crippen LogP contribution in [0.4, 0.5) is 0 Å². The van der Waals surface area contributed by atoms with Gasteiger partial charge < -0.3 is 10.1 Å². The molecule has 20 heavy (non-hydrogen) atoms. The Bertz CT molecular complexity index is 396. The third kappa shape index (κ3) is 4.32. The lowest BCUT2D eigenvalue weighted by Gasteiger charge is -2.31. The highest BCUT2D eigenvalue weighted by Gasteiger charge is 2.23. The van der Waals surface area contributed by atoms with Crippen LogP contribution in [0.15, 0.2) is 24.3 Å². The second-order valence-electron chi connectivity index (χ2n) is 6.17. The molecule has 0 heterocycles. The van der Waals surface area contributed by atoms with Crippen LogP contribution in [0.3, 0.4) is 0 Å². The van der Waals surface area contributed by atoms with E-state index in [2.05, 4.69) is 50.4 Å². The monoisotopic (exact) mass is 275 g/mol. The molecule has 1 N–H and O–H groups in total. The smallest absolute Gasteiger partial charge is 0.0955 e. The van der Waals surface area contributed by atoms with Crippen LogP contribution in [-0.4, -0.2) is 19.2 Å². The second-order valence-corrected chi connectivity index (χ2v) is 6.17. The first kappa shape index (κ1) is 15.5. The van der Waals surface area contributed by atoms with Gasteiger partial charge in [0.05, 0.1) is 12.2 Å². The van der Waals surface area contributed by atoms with Gasteiger partial charge >= 0.3 is 0 Å². The average Bonchev–Trinajstić information content (AvgIpc) is 2.46. The van der Waals surface area contributed by atoms with Crippen LogP contribution in [0.5, 0.6) is 0 Å². The Morgan fingerprint density at radius 1 is 1.20 bits per heavy atom. The van der Waals surface area contributed by atoms with E-state index in [1.807, 2.05) is 0 Å². The third-order valence-electron chi connectivity index (χ3n) is 4.43. The lowest BCUT2D eigenvalue weighted by Crippen LogP contribution is -2.29. The second kappa shape index (κ2) is 7.80. The molecule has 1 saturated carbocycles. The minimum atomic E-state index is 0.189. The van der Waals surface area contributed by atoms with E-state index in [9.17, 15) is 0 Å². The van der Waals surface area contributed by atoms with Crippen molar-refractivity contribution in [3.63, 3.8) is 0 Å². The molecule has 1 aliphatic rings. The van der Waals surface area contributed by atoms with E-state index in [0.717, 1.165) is 19.0 Å². The highest BCUT2D eigenvalue weighted by atomic mass is 16.5. The molecule has 112 valence electrons. The fraction of sp³-hybridized carbons (Fsp3) is 0.667. The normalized spacial score (nSPS) is 24.6. The van der Waals surface area contributed by atoms with Crippen LogP contribution >= 0.6 is 0 Å². The van der Waals surface area contributed by atoms with E-state index in [1.165, 1.54) is 36.8 Å². The minimum absolute atomic E-state index is 0.189. The van der Waals surface area contributed by atoms with Crippen LogP contribution in [0, 0.1) is 12.8 Å². The molecule has 1 aromatic rings. The summed E-state index contributed by atoms with van der Waals surface area (Å²) in [5.74, 6) is 0.875. The van der Waals surface area contributed by atoms with Gasteiger partial charge in [0.15, 0.2) is 0 Å². The molecule has 1 aromatic carbocycles. The van der Waals surface area contributed by atoms with Gasteiger partial charge in [-0.05, 0) is 56.2 Å². The molecule has 0 saturated heterocycles. The van der Waals surface area contributed by atoms with E-state index in [0.29, 0.717) is 6.10 Å². The molecule has 1 unspecified atom stereocenters. The lowest BCUT2D eigenvalue weighted by atomic mass is 9.88. The molecule has 1 atom stereocenters. The summed E-state index contributed by atoms with van der Waals surface area (Å²) in [5.41, 5.74) is 2.67. The summed E-state index contributed by atoms with van der Waals surface area (Å²) in [5, 5.41) is 3.45. The largest absolute Gasteiger partial charge is 0.369 e. The molecule has 0 bridgehead atoms.